The van der Waals surface area contributed by atoms with Crippen LogP contribution in [-0.2, 0) is 4.74 Å². The van der Waals surface area contributed by atoms with E-state index in [9.17, 15) is 5.11 Å². The zero-order valence-electron chi connectivity index (χ0n) is 11.0. The molecule has 1 rings (SSSR count). The number of ether oxygens (including phenoxy) is 1. The summed E-state index contributed by atoms with van der Waals surface area (Å²) >= 11 is 0. The normalized spacial score (nSPS) is 25.7. The molecule has 0 bridgehead atoms. The Hall–Kier alpha value is -0.0800. The van der Waals surface area contributed by atoms with E-state index in [0.717, 1.165) is 6.42 Å². The number of rotatable bonds is 10. The summed E-state index contributed by atoms with van der Waals surface area (Å²) < 4.78 is 5.51. The Morgan fingerprint density at radius 1 is 1.00 bits per heavy atom. The van der Waals surface area contributed by atoms with Crippen molar-refractivity contribution in [3.8, 4) is 0 Å². The molecule has 0 unspecified atom stereocenters. The third-order valence-corrected chi connectivity index (χ3v) is 3.35. The highest BCUT2D eigenvalue weighted by Crippen LogP contribution is 2.31. The van der Waals surface area contributed by atoms with Gasteiger partial charge in [0.25, 0.3) is 0 Å². The SMILES string of the molecule is CCCCCCCCC[C@@H]1O[C@@H]1C[C@H](C)O. The van der Waals surface area contributed by atoms with E-state index in [1.807, 2.05) is 6.92 Å². The summed E-state index contributed by atoms with van der Waals surface area (Å²) in [6.07, 6.45) is 12.2. The fourth-order valence-corrected chi connectivity index (χ4v) is 2.28. The van der Waals surface area contributed by atoms with Crippen LogP contribution in [0.1, 0.15) is 71.6 Å². The first kappa shape index (κ1) is 14.0. The second-order valence-corrected chi connectivity index (χ2v) is 5.21. The smallest absolute Gasteiger partial charge is 0.0866 e. The fourth-order valence-electron chi connectivity index (χ4n) is 2.28. The van der Waals surface area contributed by atoms with Gasteiger partial charge in [0, 0.05) is 6.42 Å². The van der Waals surface area contributed by atoms with Gasteiger partial charge >= 0.3 is 0 Å². The van der Waals surface area contributed by atoms with Gasteiger partial charge in [-0.15, -0.1) is 0 Å². The predicted octanol–water partition coefficient (Wildman–Crippen LogP) is 3.67. The van der Waals surface area contributed by atoms with Crippen molar-refractivity contribution in [2.45, 2.75) is 89.9 Å². The Balaban J connectivity index is 1.79. The van der Waals surface area contributed by atoms with E-state index in [1.165, 1.54) is 51.4 Å². The molecule has 1 aliphatic rings. The summed E-state index contributed by atoms with van der Waals surface area (Å²) in [6, 6.07) is 0. The first-order chi connectivity index (χ1) is 7.74. The number of unbranched alkanes of at least 4 members (excludes halogenated alkanes) is 6. The Bertz CT molecular complexity index is 168. The molecule has 0 saturated carbocycles. The Morgan fingerprint density at radius 2 is 1.62 bits per heavy atom. The van der Waals surface area contributed by atoms with Crippen LogP contribution >= 0.6 is 0 Å². The van der Waals surface area contributed by atoms with Gasteiger partial charge in [-0.05, 0) is 13.3 Å². The summed E-state index contributed by atoms with van der Waals surface area (Å²) in [6.45, 7) is 4.10. The van der Waals surface area contributed by atoms with Gasteiger partial charge in [0.2, 0.25) is 0 Å². The Kier molecular flexibility index (Phi) is 7.06. The van der Waals surface area contributed by atoms with Crippen molar-refractivity contribution in [1.29, 1.82) is 0 Å². The van der Waals surface area contributed by atoms with Gasteiger partial charge in [-0.2, -0.15) is 0 Å². The maximum absolute atomic E-state index is 9.19. The molecule has 1 N–H and O–H groups in total. The molecular weight excluding hydrogens is 200 g/mol. The van der Waals surface area contributed by atoms with Gasteiger partial charge < -0.3 is 9.84 Å². The Morgan fingerprint density at radius 3 is 2.25 bits per heavy atom. The van der Waals surface area contributed by atoms with Crippen molar-refractivity contribution in [2.75, 3.05) is 0 Å². The second-order valence-electron chi connectivity index (χ2n) is 5.21. The van der Waals surface area contributed by atoms with Gasteiger partial charge in [-0.3, -0.25) is 0 Å². The lowest BCUT2D eigenvalue weighted by molar-refractivity contribution is 0.170. The van der Waals surface area contributed by atoms with E-state index in [1.54, 1.807) is 0 Å². The van der Waals surface area contributed by atoms with Crippen LogP contribution in [0.3, 0.4) is 0 Å². The van der Waals surface area contributed by atoms with Gasteiger partial charge in [0.1, 0.15) is 0 Å². The average Bonchev–Trinajstić information content (AvgIpc) is 2.94. The number of aliphatic hydroxyl groups is 1. The number of hydrogen-bond acceptors (Lipinski definition) is 2. The molecule has 0 aliphatic carbocycles. The molecule has 96 valence electrons. The minimum atomic E-state index is -0.205. The van der Waals surface area contributed by atoms with Crippen LogP contribution in [0.2, 0.25) is 0 Å². The van der Waals surface area contributed by atoms with E-state index >= 15 is 0 Å². The monoisotopic (exact) mass is 228 g/mol. The summed E-state index contributed by atoms with van der Waals surface area (Å²) in [7, 11) is 0. The van der Waals surface area contributed by atoms with Crippen LogP contribution in [0, 0.1) is 0 Å². The molecule has 0 aromatic heterocycles. The molecular formula is C14H28O2. The molecule has 0 radical (unpaired) electrons. The van der Waals surface area contributed by atoms with Crippen LogP contribution in [0.4, 0.5) is 0 Å². The third kappa shape index (κ3) is 6.49. The minimum Gasteiger partial charge on any atom is -0.393 e. The first-order valence-electron chi connectivity index (χ1n) is 7.07. The molecule has 0 aromatic carbocycles. The van der Waals surface area contributed by atoms with Gasteiger partial charge in [-0.1, -0.05) is 51.9 Å². The van der Waals surface area contributed by atoms with Crippen molar-refractivity contribution < 1.29 is 9.84 Å². The highest BCUT2D eigenvalue weighted by Gasteiger charge is 2.38. The van der Waals surface area contributed by atoms with Crippen molar-refractivity contribution in [3.05, 3.63) is 0 Å². The molecule has 16 heavy (non-hydrogen) atoms. The topological polar surface area (TPSA) is 32.8 Å². The molecule has 2 nitrogen and oxygen atoms in total. The highest BCUT2D eigenvalue weighted by atomic mass is 16.6. The summed E-state index contributed by atoms with van der Waals surface area (Å²) in [5.41, 5.74) is 0. The van der Waals surface area contributed by atoms with Crippen molar-refractivity contribution in [3.63, 3.8) is 0 Å². The third-order valence-electron chi connectivity index (χ3n) is 3.35. The van der Waals surface area contributed by atoms with Crippen molar-refractivity contribution >= 4 is 0 Å². The van der Waals surface area contributed by atoms with E-state index < -0.39 is 0 Å². The molecule has 1 aliphatic heterocycles. The molecule has 0 amide bonds. The molecule has 0 spiro atoms. The Labute approximate surface area is 100 Å². The lowest BCUT2D eigenvalue weighted by Gasteiger charge is -2.00. The summed E-state index contributed by atoms with van der Waals surface area (Å²) in [5, 5.41) is 9.19. The summed E-state index contributed by atoms with van der Waals surface area (Å²) in [5.74, 6) is 0. The zero-order chi connectivity index (χ0) is 11.8. The molecule has 2 heteroatoms. The van der Waals surface area contributed by atoms with Crippen molar-refractivity contribution in [1.82, 2.24) is 0 Å². The van der Waals surface area contributed by atoms with Gasteiger partial charge in [-0.25, -0.2) is 0 Å². The highest BCUT2D eigenvalue weighted by molar-refractivity contribution is 4.85. The quantitative estimate of drug-likeness (QED) is 0.457. The largest absolute Gasteiger partial charge is 0.393 e. The molecule has 0 aromatic rings. The second kappa shape index (κ2) is 8.08. The molecule has 3 atom stereocenters. The standard InChI is InChI=1S/C14H28O2/c1-3-4-5-6-7-8-9-10-13-14(16-13)11-12(2)15/h12-15H,3-11H2,1-2H3/t12-,13-,14+/m0/s1. The zero-order valence-corrected chi connectivity index (χ0v) is 11.0. The fraction of sp³-hybridized carbons (Fsp3) is 1.00. The van der Waals surface area contributed by atoms with Gasteiger partial charge in [0.05, 0.1) is 18.3 Å². The van der Waals surface area contributed by atoms with Gasteiger partial charge in [0.15, 0.2) is 0 Å². The molecule has 1 saturated heterocycles. The number of aliphatic hydroxyl groups excluding tert-OH is 1. The van der Waals surface area contributed by atoms with E-state index in [4.69, 9.17) is 4.74 Å². The van der Waals surface area contributed by atoms with Crippen LogP contribution < -0.4 is 0 Å². The number of epoxide rings is 1. The number of hydrogen-bond donors (Lipinski definition) is 1. The summed E-state index contributed by atoms with van der Waals surface area (Å²) in [4.78, 5) is 0. The van der Waals surface area contributed by atoms with E-state index in [-0.39, 0.29) is 6.10 Å². The minimum absolute atomic E-state index is 0.205. The predicted molar refractivity (Wildman–Crippen MR) is 67.6 cm³/mol. The van der Waals surface area contributed by atoms with Crippen LogP contribution in [-0.4, -0.2) is 23.4 Å². The first-order valence-corrected chi connectivity index (χ1v) is 7.07. The molecule has 1 heterocycles. The van der Waals surface area contributed by atoms with Crippen LogP contribution in [0.25, 0.3) is 0 Å². The van der Waals surface area contributed by atoms with Crippen LogP contribution in [0.5, 0.6) is 0 Å². The lowest BCUT2D eigenvalue weighted by Crippen LogP contribution is -2.06. The van der Waals surface area contributed by atoms with Crippen LogP contribution in [0.15, 0.2) is 0 Å². The van der Waals surface area contributed by atoms with E-state index in [2.05, 4.69) is 6.92 Å². The molecule has 1 fully saturated rings. The maximum atomic E-state index is 9.19. The maximum Gasteiger partial charge on any atom is 0.0866 e. The average molecular weight is 228 g/mol. The lowest BCUT2D eigenvalue weighted by atomic mass is 10.1. The van der Waals surface area contributed by atoms with Crippen molar-refractivity contribution in [2.24, 2.45) is 0 Å². The van der Waals surface area contributed by atoms with E-state index in [0.29, 0.717) is 12.2 Å².